The lowest BCUT2D eigenvalue weighted by Gasteiger charge is -2.30. The van der Waals surface area contributed by atoms with Crippen LogP contribution in [0.5, 0.6) is 5.75 Å². The summed E-state index contributed by atoms with van der Waals surface area (Å²) in [6.07, 6.45) is 5.39. The third-order valence-corrected chi connectivity index (χ3v) is 5.32. The van der Waals surface area contributed by atoms with Crippen LogP contribution in [0.25, 0.3) is 0 Å². The number of benzene rings is 1. The second-order valence-corrected chi connectivity index (χ2v) is 6.50. The van der Waals surface area contributed by atoms with Gasteiger partial charge in [0.2, 0.25) is 5.91 Å². The van der Waals surface area contributed by atoms with Crippen molar-refractivity contribution in [1.82, 2.24) is 4.90 Å². The zero-order valence-corrected chi connectivity index (χ0v) is 14.6. The van der Waals surface area contributed by atoms with E-state index in [0.29, 0.717) is 18.4 Å². The van der Waals surface area contributed by atoms with Gasteiger partial charge in [-0.1, -0.05) is 18.6 Å². The van der Waals surface area contributed by atoms with Crippen molar-refractivity contribution < 1.29 is 9.53 Å². The van der Waals surface area contributed by atoms with Gasteiger partial charge in [-0.3, -0.25) is 4.79 Å². The quantitative estimate of drug-likeness (QED) is 0.917. The molecule has 2 N–H and O–H groups in total. The van der Waals surface area contributed by atoms with E-state index in [4.69, 9.17) is 10.5 Å². The highest BCUT2D eigenvalue weighted by Gasteiger charge is 2.39. The zero-order chi connectivity index (χ0) is 15.5. The van der Waals surface area contributed by atoms with Crippen LogP contribution in [0.4, 0.5) is 0 Å². The molecule has 0 spiro atoms. The molecule has 2 fully saturated rings. The summed E-state index contributed by atoms with van der Waals surface area (Å²) in [5.41, 5.74) is 7.07. The Labute approximate surface area is 144 Å². The predicted octanol–water partition coefficient (Wildman–Crippen LogP) is 3.16. The van der Waals surface area contributed by atoms with Crippen LogP contribution < -0.4 is 10.5 Å². The Kier molecular flexibility index (Phi) is 6.31. The molecule has 2 aliphatic rings. The summed E-state index contributed by atoms with van der Waals surface area (Å²) < 4.78 is 5.22. The summed E-state index contributed by atoms with van der Waals surface area (Å²) in [5, 5.41) is 0. The fraction of sp³-hybridized carbons (Fsp3) is 0.611. The average molecular weight is 339 g/mol. The van der Waals surface area contributed by atoms with Crippen LogP contribution in [-0.4, -0.2) is 31.0 Å². The highest BCUT2D eigenvalue weighted by Crippen LogP contribution is 2.38. The van der Waals surface area contributed by atoms with E-state index in [-0.39, 0.29) is 24.4 Å². The lowest BCUT2D eigenvalue weighted by molar-refractivity contribution is -0.137. The number of hydrogen-bond donors (Lipinski definition) is 1. The molecule has 1 aliphatic carbocycles. The van der Waals surface area contributed by atoms with E-state index < -0.39 is 0 Å². The molecular formula is C18H27ClN2O2. The number of rotatable bonds is 4. The van der Waals surface area contributed by atoms with Gasteiger partial charge in [-0.15, -0.1) is 12.4 Å². The van der Waals surface area contributed by atoms with E-state index in [1.54, 1.807) is 7.11 Å². The maximum Gasteiger partial charge on any atom is 0.226 e. The van der Waals surface area contributed by atoms with E-state index in [0.717, 1.165) is 44.4 Å². The lowest BCUT2D eigenvalue weighted by atomic mass is 9.94. The van der Waals surface area contributed by atoms with Crippen LogP contribution in [0.2, 0.25) is 0 Å². The lowest BCUT2D eigenvalue weighted by Crippen LogP contribution is -2.38. The van der Waals surface area contributed by atoms with Gasteiger partial charge in [0.15, 0.2) is 0 Å². The van der Waals surface area contributed by atoms with Gasteiger partial charge < -0.3 is 15.4 Å². The number of methoxy groups -OCH3 is 1. The van der Waals surface area contributed by atoms with Gasteiger partial charge in [0.1, 0.15) is 5.75 Å². The Morgan fingerprint density at radius 2 is 1.96 bits per heavy atom. The first-order chi connectivity index (χ1) is 10.7. The molecule has 1 heterocycles. The third-order valence-electron chi connectivity index (χ3n) is 5.32. The monoisotopic (exact) mass is 338 g/mol. The first kappa shape index (κ1) is 18.1. The largest absolute Gasteiger partial charge is 0.497 e. The van der Waals surface area contributed by atoms with E-state index in [2.05, 4.69) is 17.0 Å². The Morgan fingerprint density at radius 1 is 1.22 bits per heavy atom. The summed E-state index contributed by atoms with van der Waals surface area (Å²) in [4.78, 5) is 15.1. The molecule has 4 nitrogen and oxygen atoms in total. The summed E-state index contributed by atoms with van der Waals surface area (Å²) >= 11 is 0. The predicted molar refractivity (Wildman–Crippen MR) is 93.8 cm³/mol. The summed E-state index contributed by atoms with van der Waals surface area (Å²) in [5.74, 6) is 1.71. The van der Waals surface area contributed by atoms with Crippen molar-refractivity contribution in [1.29, 1.82) is 0 Å². The molecule has 0 bridgehead atoms. The molecule has 1 amide bonds. The standard InChI is InChI=1S/C18H26N2O2.ClH/c1-22-15-9-7-13(8-10-15)17-6-3-11-20(17)18(21)16-5-2-4-14(16)12-19;/h7-10,14,16-17H,2-6,11-12,19H2,1H3;1H/t14-,16-,17?;/m1./s1. The fourth-order valence-corrected chi connectivity index (χ4v) is 4.06. The Bertz CT molecular complexity index is 520. The smallest absolute Gasteiger partial charge is 0.226 e. The third kappa shape index (κ3) is 3.64. The molecule has 1 saturated carbocycles. The molecule has 3 atom stereocenters. The number of hydrogen-bond acceptors (Lipinski definition) is 3. The number of carbonyl (C=O) groups excluding carboxylic acids is 1. The number of nitrogens with zero attached hydrogens (tertiary/aromatic N) is 1. The molecule has 5 heteroatoms. The van der Waals surface area contributed by atoms with Crippen LogP contribution >= 0.6 is 12.4 Å². The summed E-state index contributed by atoms with van der Waals surface area (Å²) in [7, 11) is 1.67. The fourth-order valence-electron chi connectivity index (χ4n) is 4.06. The molecule has 1 aromatic carbocycles. The van der Waals surface area contributed by atoms with Crippen molar-refractivity contribution in [2.75, 3.05) is 20.2 Å². The normalized spacial score (nSPS) is 26.9. The second kappa shape index (κ2) is 8.02. The van der Waals surface area contributed by atoms with Gasteiger partial charge in [-0.25, -0.2) is 0 Å². The molecule has 1 aromatic rings. The van der Waals surface area contributed by atoms with E-state index >= 15 is 0 Å². The van der Waals surface area contributed by atoms with Gasteiger partial charge in [-0.2, -0.15) is 0 Å². The molecule has 128 valence electrons. The molecule has 3 rings (SSSR count). The van der Waals surface area contributed by atoms with Gasteiger partial charge in [0.05, 0.1) is 13.2 Å². The van der Waals surface area contributed by atoms with Crippen molar-refractivity contribution in [2.24, 2.45) is 17.6 Å². The number of nitrogens with two attached hydrogens (primary N) is 1. The first-order valence-corrected chi connectivity index (χ1v) is 8.39. The topological polar surface area (TPSA) is 55.6 Å². The van der Waals surface area contributed by atoms with E-state index in [9.17, 15) is 4.79 Å². The molecule has 0 radical (unpaired) electrons. The van der Waals surface area contributed by atoms with Gasteiger partial charge in [0, 0.05) is 12.5 Å². The zero-order valence-electron chi connectivity index (χ0n) is 13.7. The number of likely N-dealkylation sites (tertiary alicyclic amines) is 1. The van der Waals surface area contributed by atoms with Crippen molar-refractivity contribution in [3.8, 4) is 5.75 Å². The number of ether oxygens (including phenoxy) is 1. The molecular weight excluding hydrogens is 312 g/mol. The average Bonchev–Trinajstić information content (AvgIpc) is 3.23. The van der Waals surface area contributed by atoms with Crippen molar-refractivity contribution in [2.45, 2.75) is 38.1 Å². The molecule has 1 aliphatic heterocycles. The second-order valence-electron chi connectivity index (χ2n) is 6.50. The highest BCUT2D eigenvalue weighted by molar-refractivity contribution is 5.85. The maximum absolute atomic E-state index is 13.0. The Morgan fingerprint density at radius 3 is 2.61 bits per heavy atom. The number of halogens is 1. The Balaban J connectivity index is 0.00000192. The van der Waals surface area contributed by atoms with E-state index in [1.807, 2.05) is 12.1 Å². The molecule has 1 unspecified atom stereocenters. The highest BCUT2D eigenvalue weighted by atomic mass is 35.5. The molecule has 23 heavy (non-hydrogen) atoms. The number of carbonyl (C=O) groups is 1. The van der Waals surface area contributed by atoms with E-state index in [1.165, 1.54) is 5.56 Å². The summed E-state index contributed by atoms with van der Waals surface area (Å²) in [6, 6.07) is 8.36. The van der Waals surface area contributed by atoms with Gasteiger partial charge in [0.25, 0.3) is 0 Å². The van der Waals surface area contributed by atoms with Crippen LogP contribution in [0.15, 0.2) is 24.3 Å². The minimum atomic E-state index is 0. The summed E-state index contributed by atoms with van der Waals surface area (Å²) in [6.45, 7) is 1.51. The van der Waals surface area contributed by atoms with Crippen LogP contribution in [0, 0.1) is 11.8 Å². The number of amides is 1. The van der Waals surface area contributed by atoms with Crippen LogP contribution in [0.1, 0.15) is 43.7 Å². The minimum Gasteiger partial charge on any atom is -0.497 e. The van der Waals surface area contributed by atoms with Crippen molar-refractivity contribution in [3.63, 3.8) is 0 Å². The van der Waals surface area contributed by atoms with Gasteiger partial charge >= 0.3 is 0 Å². The minimum absolute atomic E-state index is 0. The van der Waals surface area contributed by atoms with Crippen molar-refractivity contribution >= 4 is 18.3 Å². The van der Waals surface area contributed by atoms with Crippen LogP contribution in [0.3, 0.4) is 0 Å². The van der Waals surface area contributed by atoms with Crippen molar-refractivity contribution in [3.05, 3.63) is 29.8 Å². The van der Waals surface area contributed by atoms with Gasteiger partial charge in [-0.05, 0) is 55.8 Å². The molecule has 1 saturated heterocycles. The Hall–Kier alpha value is -1.26. The first-order valence-electron chi connectivity index (χ1n) is 8.39. The maximum atomic E-state index is 13.0. The SMILES string of the molecule is COc1ccc(C2CCCN2C(=O)[C@@H]2CCC[C@@H]2CN)cc1.Cl. The molecule has 0 aromatic heterocycles. The van der Waals surface area contributed by atoms with Crippen LogP contribution in [-0.2, 0) is 4.79 Å².